The maximum atomic E-state index is 6.06. The van der Waals surface area contributed by atoms with Crippen LogP contribution in [-0.2, 0) is 11.3 Å². The molecule has 2 aliphatic heterocycles. The van der Waals surface area contributed by atoms with E-state index in [4.69, 9.17) is 4.74 Å². The van der Waals surface area contributed by atoms with Gasteiger partial charge in [-0.2, -0.15) is 5.10 Å². The Morgan fingerprint density at radius 1 is 1.16 bits per heavy atom. The number of nitrogens with one attached hydrogen (secondary N) is 1. The van der Waals surface area contributed by atoms with Gasteiger partial charge in [0.1, 0.15) is 12.1 Å². The summed E-state index contributed by atoms with van der Waals surface area (Å²) < 4.78 is 6.06. The van der Waals surface area contributed by atoms with Gasteiger partial charge < -0.3 is 9.64 Å². The summed E-state index contributed by atoms with van der Waals surface area (Å²) in [4.78, 5) is 13.6. The van der Waals surface area contributed by atoms with E-state index in [1.807, 2.05) is 0 Å². The molecule has 4 heterocycles. The molecule has 7 nitrogen and oxygen atoms in total. The fourth-order valence-electron chi connectivity index (χ4n) is 3.95. The van der Waals surface area contributed by atoms with Crippen molar-refractivity contribution in [3.05, 3.63) is 48.4 Å². The zero-order chi connectivity index (χ0) is 16.6. The van der Waals surface area contributed by atoms with Crippen LogP contribution in [0.4, 0.5) is 5.82 Å². The van der Waals surface area contributed by atoms with Crippen LogP contribution in [0.25, 0.3) is 11.0 Å². The normalized spacial score (nSPS) is 23.9. The van der Waals surface area contributed by atoms with Crippen molar-refractivity contribution in [3.63, 3.8) is 0 Å². The highest BCUT2D eigenvalue weighted by Gasteiger charge is 2.41. The standard InChI is InChI=1S/C18H20N6O/c1-2-4-13(5-3-1)9-23-6-7-25-16-11-24(10-15(16)23)18-14-8-21-22-17(14)19-12-20-18/h1-5,8,12,15-16H,6-7,9-11H2,(H,19,20,21,22)/t15-,16-/m0/s1. The number of nitrogens with zero attached hydrogens (tertiary/aromatic N) is 5. The number of benzene rings is 1. The Balaban J connectivity index is 1.39. The van der Waals surface area contributed by atoms with Crippen LogP contribution >= 0.6 is 0 Å². The van der Waals surface area contributed by atoms with E-state index in [1.165, 1.54) is 5.56 Å². The molecule has 7 heteroatoms. The van der Waals surface area contributed by atoms with Crippen molar-refractivity contribution < 1.29 is 4.74 Å². The van der Waals surface area contributed by atoms with Crippen molar-refractivity contribution in [3.8, 4) is 0 Å². The summed E-state index contributed by atoms with van der Waals surface area (Å²) in [7, 11) is 0. The van der Waals surface area contributed by atoms with Crippen molar-refractivity contribution in [2.24, 2.45) is 0 Å². The Morgan fingerprint density at radius 2 is 2.08 bits per heavy atom. The van der Waals surface area contributed by atoms with E-state index in [-0.39, 0.29) is 6.10 Å². The molecular formula is C18H20N6O. The molecule has 25 heavy (non-hydrogen) atoms. The number of anilines is 1. The van der Waals surface area contributed by atoms with Gasteiger partial charge in [-0.3, -0.25) is 10.00 Å². The highest BCUT2D eigenvalue weighted by molar-refractivity contribution is 5.86. The smallest absolute Gasteiger partial charge is 0.160 e. The molecule has 0 spiro atoms. The molecule has 5 rings (SSSR count). The summed E-state index contributed by atoms with van der Waals surface area (Å²) in [5, 5.41) is 7.99. The molecule has 128 valence electrons. The van der Waals surface area contributed by atoms with Crippen LogP contribution in [0.5, 0.6) is 0 Å². The monoisotopic (exact) mass is 336 g/mol. The largest absolute Gasteiger partial charge is 0.373 e. The number of aromatic nitrogens is 4. The van der Waals surface area contributed by atoms with Gasteiger partial charge in [0.15, 0.2) is 5.65 Å². The second-order valence-corrected chi connectivity index (χ2v) is 6.67. The average molecular weight is 336 g/mol. The number of aromatic amines is 1. The van der Waals surface area contributed by atoms with Crippen LogP contribution in [0.2, 0.25) is 0 Å². The highest BCUT2D eigenvalue weighted by Crippen LogP contribution is 2.30. The summed E-state index contributed by atoms with van der Waals surface area (Å²) in [6.07, 6.45) is 3.62. The fraction of sp³-hybridized carbons (Fsp3) is 0.389. The Hall–Kier alpha value is -2.51. The summed E-state index contributed by atoms with van der Waals surface area (Å²) in [5.41, 5.74) is 2.13. The lowest BCUT2D eigenvalue weighted by Crippen LogP contribution is -2.50. The molecule has 0 bridgehead atoms. The highest BCUT2D eigenvalue weighted by atomic mass is 16.5. The minimum atomic E-state index is 0.217. The third-order valence-electron chi connectivity index (χ3n) is 5.17. The topological polar surface area (TPSA) is 70.2 Å². The summed E-state index contributed by atoms with van der Waals surface area (Å²) in [6, 6.07) is 11.0. The van der Waals surface area contributed by atoms with Gasteiger partial charge in [-0.1, -0.05) is 30.3 Å². The number of hydrogen-bond donors (Lipinski definition) is 1. The maximum absolute atomic E-state index is 6.06. The minimum Gasteiger partial charge on any atom is -0.373 e. The Kier molecular flexibility index (Phi) is 3.61. The number of ether oxygens (including phenoxy) is 1. The summed E-state index contributed by atoms with van der Waals surface area (Å²) in [5.74, 6) is 0.941. The third kappa shape index (κ3) is 2.65. The van der Waals surface area contributed by atoms with E-state index < -0.39 is 0 Å². The minimum absolute atomic E-state index is 0.217. The average Bonchev–Trinajstić information content (AvgIpc) is 3.29. The molecule has 3 aromatic rings. The first-order valence-corrected chi connectivity index (χ1v) is 8.67. The zero-order valence-corrected chi connectivity index (χ0v) is 13.9. The molecule has 0 aliphatic carbocycles. The number of H-pyrrole nitrogens is 1. The molecule has 0 saturated carbocycles. The third-order valence-corrected chi connectivity index (χ3v) is 5.17. The predicted molar refractivity (Wildman–Crippen MR) is 94.3 cm³/mol. The lowest BCUT2D eigenvalue weighted by atomic mass is 10.1. The molecule has 0 amide bonds. The molecule has 1 N–H and O–H groups in total. The number of rotatable bonds is 3. The van der Waals surface area contributed by atoms with Crippen LogP contribution in [-0.4, -0.2) is 63.5 Å². The van der Waals surface area contributed by atoms with Crippen LogP contribution in [0.15, 0.2) is 42.9 Å². The molecule has 2 aromatic heterocycles. The van der Waals surface area contributed by atoms with Gasteiger partial charge in [0.05, 0.1) is 30.3 Å². The summed E-state index contributed by atoms with van der Waals surface area (Å²) in [6.45, 7) is 4.48. The number of fused-ring (bicyclic) bond motifs is 2. The van der Waals surface area contributed by atoms with Crippen molar-refractivity contribution in [2.45, 2.75) is 18.7 Å². The van der Waals surface area contributed by atoms with Gasteiger partial charge in [0, 0.05) is 26.2 Å². The molecule has 2 saturated heterocycles. The first-order chi connectivity index (χ1) is 12.4. The van der Waals surface area contributed by atoms with Crippen LogP contribution < -0.4 is 4.90 Å². The molecule has 0 radical (unpaired) electrons. The lowest BCUT2D eigenvalue weighted by molar-refractivity contribution is -0.0499. The second kappa shape index (κ2) is 6.09. The molecule has 1 aromatic carbocycles. The molecule has 2 fully saturated rings. The maximum Gasteiger partial charge on any atom is 0.160 e. The SMILES string of the molecule is c1ccc(CN2CCO[C@H]3CN(c4ncnc5[nH]ncc45)C[C@@H]32)cc1. The Morgan fingerprint density at radius 3 is 3.00 bits per heavy atom. The van der Waals surface area contributed by atoms with Gasteiger partial charge in [0.25, 0.3) is 0 Å². The van der Waals surface area contributed by atoms with E-state index in [0.717, 1.165) is 49.6 Å². The second-order valence-electron chi connectivity index (χ2n) is 6.67. The van der Waals surface area contributed by atoms with E-state index >= 15 is 0 Å². The molecular weight excluding hydrogens is 316 g/mol. The van der Waals surface area contributed by atoms with Gasteiger partial charge in [0.2, 0.25) is 0 Å². The van der Waals surface area contributed by atoms with Crippen molar-refractivity contribution in [1.29, 1.82) is 0 Å². The van der Waals surface area contributed by atoms with Crippen LogP contribution in [0, 0.1) is 0 Å². The first-order valence-electron chi connectivity index (χ1n) is 8.67. The Bertz CT molecular complexity index is 866. The van der Waals surface area contributed by atoms with Crippen molar-refractivity contribution in [1.82, 2.24) is 25.1 Å². The zero-order valence-electron chi connectivity index (χ0n) is 13.9. The van der Waals surface area contributed by atoms with E-state index in [1.54, 1.807) is 12.5 Å². The number of morpholine rings is 1. The van der Waals surface area contributed by atoms with E-state index in [9.17, 15) is 0 Å². The van der Waals surface area contributed by atoms with Gasteiger partial charge in [-0.15, -0.1) is 0 Å². The molecule has 2 atom stereocenters. The van der Waals surface area contributed by atoms with Crippen molar-refractivity contribution in [2.75, 3.05) is 31.1 Å². The predicted octanol–water partition coefficient (Wildman–Crippen LogP) is 1.44. The van der Waals surface area contributed by atoms with Gasteiger partial charge in [-0.05, 0) is 5.56 Å². The van der Waals surface area contributed by atoms with E-state index in [0.29, 0.717) is 6.04 Å². The first kappa shape index (κ1) is 14.8. The number of hydrogen-bond acceptors (Lipinski definition) is 6. The van der Waals surface area contributed by atoms with Gasteiger partial charge >= 0.3 is 0 Å². The Labute approximate surface area is 145 Å². The lowest BCUT2D eigenvalue weighted by Gasteiger charge is -2.36. The summed E-state index contributed by atoms with van der Waals surface area (Å²) >= 11 is 0. The van der Waals surface area contributed by atoms with Crippen LogP contribution in [0.3, 0.4) is 0 Å². The fourth-order valence-corrected chi connectivity index (χ4v) is 3.95. The molecule has 0 unspecified atom stereocenters. The molecule has 2 aliphatic rings. The van der Waals surface area contributed by atoms with Gasteiger partial charge in [-0.25, -0.2) is 9.97 Å². The van der Waals surface area contributed by atoms with Crippen LogP contribution in [0.1, 0.15) is 5.56 Å². The quantitative estimate of drug-likeness (QED) is 0.780. The van der Waals surface area contributed by atoms with E-state index in [2.05, 4.69) is 60.3 Å². The van der Waals surface area contributed by atoms with Crippen molar-refractivity contribution >= 4 is 16.9 Å².